The Balaban J connectivity index is 1.78. The second kappa shape index (κ2) is 8.63. The van der Waals surface area contributed by atoms with E-state index >= 15 is 0 Å². The molecular formula is C21H16BrF2S. The lowest BCUT2D eigenvalue weighted by molar-refractivity contribution is 0.625. The van der Waals surface area contributed by atoms with Crippen LogP contribution in [0, 0.1) is 17.7 Å². The Labute approximate surface area is 159 Å². The zero-order chi connectivity index (χ0) is 17.6. The van der Waals surface area contributed by atoms with Crippen molar-refractivity contribution < 1.29 is 8.78 Å². The Hall–Kier alpha value is -1.65. The average molecular weight is 418 g/mol. The summed E-state index contributed by atoms with van der Waals surface area (Å²) < 4.78 is 27.3. The van der Waals surface area contributed by atoms with Gasteiger partial charge >= 0.3 is 0 Å². The van der Waals surface area contributed by atoms with E-state index in [0.717, 1.165) is 27.8 Å². The summed E-state index contributed by atoms with van der Waals surface area (Å²) in [6, 6.07) is 22.2. The second-order valence-corrected chi connectivity index (χ2v) is 7.77. The van der Waals surface area contributed by atoms with Crippen molar-refractivity contribution in [2.45, 2.75) is 17.4 Å². The van der Waals surface area contributed by atoms with Gasteiger partial charge < -0.3 is 0 Å². The molecule has 3 aromatic carbocycles. The molecule has 0 saturated heterocycles. The van der Waals surface area contributed by atoms with E-state index in [1.807, 2.05) is 30.3 Å². The van der Waals surface area contributed by atoms with Gasteiger partial charge in [-0.05, 0) is 59.5 Å². The first-order chi connectivity index (χ1) is 12.1. The van der Waals surface area contributed by atoms with Crippen LogP contribution in [-0.2, 0) is 12.2 Å². The summed E-state index contributed by atoms with van der Waals surface area (Å²) in [6.07, 6.45) is 0.761. The lowest BCUT2D eigenvalue weighted by Gasteiger charge is -2.18. The van der Waals surface area contributed by atoms with Crippen LogP contribution in [0.15, 0.2) is 71.2 Å². The third-order valence-electron chi connectivity index (χ3n) is 3.86. The highest BCUT2D eigenvalue weighted by Gasteiger charge is 2.14. The molecule has 0 spiro atoms. The van der Waals surface area contributed by atoms with Gasteiger partial charge in [0.2, 0.25) is 0 Å². The van der Waals surface area contributed by atoms with Gasteiger partial charge in [-0.25, -0.2) is 8.78 Å². The van der Waals surface area contributed by atoms with E-state index in [4.69, 9.17) is 0 Å². The molecule has 3 aromatic rings. The number of halogens is 3. The Morgan fingerprint density at radius 2 is 1.52 bits per heavy atom. The maximum Gasteiger partial charge on any atom is 0.123 e. The van der Waals surface area contributed by atoms with Gasteiger partial charge in [-0.2, -0.15) is 0 Å². The van der Waals surface area contributed by atoms with Crippen molar-refractivity contribution in [2.75, 3.05) is 0 Å². The molecule has 0 aromatic heterocycles. The summed E-state index contributed by atoms with van der Waals surface area (Å²) in [5, 5.41) is 0.161. The second-order valence-electron chi connectivity index (χ2n) is 5.73. The number of thioether (sulfide) groups is 1. The van der Waals surface area contributed by atoms with Crippen LogP contribution in [0.25, 0.3) is 0 Å². The van der Waals surface area contributed by atoms with Crippen molar-refractivity contribution in [2.24, 2.45) is 0 Å². The predicted octanol–water partition coefficient (Wildman–Crippen LogP) is 6.74. The molecule has 0 nitrogen and oxygen atoms in total. The smallest absolute Gasteiger partial charge is 0.123 e. The number of rotatable bonds is 6. The van der Waals surface area contributed by atoms with Crippen molar-refractivity contribution in [3.63, 3.8) is 0 Å². The first-order valence-corrected chi connectivity index (χ1v) is 9.72. The highest BCUT2D eigenvalue weighted by atomic mass is 79.9. The third-order valence-corrected chi connectivity index (χ3v) is 5.66. The molecule has 0 heterocycles. The molecule has 1 unspecified atom stereocenters. The highest BCUT2D eigenvalue weighted by Crippen LogP contribution is 2.35. The van der Waals surface area contributed by atoms with E-state index in [-0.39, 0.29) is 16.9 Å². The van der Waals surface area contributed by atoms with E-state index in [2.05, 4.69) is 22.0 Å². The summed E-state index contributed by atoms with van der Waals surface area (Å²) in [5.41, 5.74) is 3.32. The van der Waals surface area contributed by atoms with Gasteiger partial charge in [0.15, 0.2) is 0 Å². The molecule has 25 heavy (non-hydrogen) atoms. The standard InChI is InChI=1S/C21H16BrF2S/c22-18-3-1-2-16(12-18)14-25-21(17-6-10-20(24)11-7-17)13-15-4-8-19(23)9-5-15/h1-2,4-12,21H,13-14H2. The van der Waals surface area contributed by atoms with Crippen LogP contribution in [0.4, 0.5) is 8.78 Å². The predicted molar refractivity (Wildman–Crippen MR) is 104 cm³/mol. The summed E-state index contributed by atoms with van der Waals surface area (Å²) >= 11 is 5.23. The Morgan fingerprint density at radius 1 is 0.880 bits per heavy atom. The Morgan fingerprint density at radius 3 is 2.16 bits per heavy atom. The molecule has 0 aliphatic carbocycles. The van der Waals surface area contributed by atoms with Crippen LogP contribution in [0.5, 0.6) is 0 Å². The number of hydrogen-bond acceptors (Lipinski definition) is 1. The summed E-state index contributed by atoms with van der Waals surface area (Å²) in [4.78, 5) is 0. The maximum absolute atomic E-state index is 13.3. The van der Waals surface area contributed by atoms with E-state index in [1.165, 1.54) is 29.8 Å². The van der Waals surface area contributed by atoms with Crippen LogP contribution in [0.3, 0.4) is 0 Å². The highest BCUT2D eigenvalue weighted by molar-refractivity contribution is 9.10. The largest absolute Gasteiger partial charge is 0.207 e. The first kappa shape index (κ1) is 18.2. The first-order valence-electron chi connectivity index (χ1n) is 7.88. The van der Waals surface area contributed by atoms with Crippen LogP contribution in [-0.4, -0.2) is 0 Å². The lowest BCUT2D eigenvalue weighted by Crippen LogP contribution is -2.00. The molecule has 0 bridgehead atoms. The minimum Gasteiger partial charge on any atom is -0.207 e. The molecule has 0 saturated carbocycles. The van der Waals surface area contributed by atoms with Crippen molar-refractivity contribution in [3.8, 4) is 0 Å². The van der Waals surface area contributed by atoms with E-state index in [0.29, 0.717) is 0 Å². The van der Waals surface area contributed by atoms with Gasteiger partial charge in [-0.3, -0.25) is 0 Å². The van der Waals surface area contributed by atoms with Crippen LogP contribution < -0.4 is 0 Å². The van der Waals surface area contributed by atoms with Crippen LogP contribution in [0.2, 0.25) is 0 Å². The van der Waals surface area contributed by atoms with Crippen LogP contribution >= 0.6 is 27.7 Å². The fourth-order valence-corrected chi connectivity index (χ4v) is 4.21. The van der Waals surface area contributed by atoms with Gasteiger partial charge in [-0.1, -0.05) is 52.3 Å². The van der Waals surface area contributed by atoms with Gasteiger partial charge in [-0.15, -0.1) is 11.8 Å². The van der Waals surface area contributed by atoms with Gasteiger partial charge in [0.05, 0.1) is 0 Å². The van der Waals surface area contributed by atoms with Crippen LogP contribution in [0.1, 0.15) is 21.9 Å². The maximum atomic E-state index is 13.3. The molecule has 3 rings (SSSR count). The van der Waals surface area contributed by atoms with E-state index in [1.54, 1.807) is 23.9 Å². The third kappa shape index (κ3) is 5.41. The average Bonchev–Trinajstić information content (AvgIpc) is 2.61. The molecule has 0 N–H and O–H groups in total. The van der Waals surface area contributed by atoms with E-state index < -0.39 is 0 Å². The summed E-state index contributed by atoms with van der Waals surface area (Å²) in [6.45, 7) is 0. The quantitative estimate of drug-likeness (QED) is 0.427. The van der Waals surface area contributed by atoms with Crippen molar-refractivity contribution in [1.29, 1.82) is 0 Å². The molecule has 127 valence electrons. The molecule has 1 atom stereocenters. The van der Waals surface area contributed by atoms with E-state index in [9.17, 15) is 8.78 Å². The molecular weight excluding hydrogens is 402 g/mol. The van der Waals surface area contributed by atoms with Gasteiger partial charge in [0.25, 0.3) is 0 Å². The monoisotopic (exact) mass is 417 g/mol. The summed E-state index contributed by atoms with van der Waals surface area (Å²) in [7, 11) is 0. The Bertz CT molecular complexity index is 816. The molecule has 0 aliphatic rings. The lowest BCUT2D eigenvalue weighted by atomic mass is 10.0. The Kier molecular flexibility index (Phi) is 6.27. The summed E-state index contributed by atoms with van der Waals surface area (Å²) in [5.74, 6) is 0.355. The van der Waals surface area contributed by atoms with Gasteiger partial charge in [0.1, 0.15) is 11.6 Å². The van der Waals surface area contributed by atoms with Gasteiger partial charge in [0, 0.05) is 15.5 Å². The fourth-order valence-electron chi connectivity index (χ4n) is 2.55. The van der Waals surface area contributed by atoms with Crippen molar-refractivity contribution >= 4 is 27.7 Å². The fraction of sp³-hybridized carbons (Fsp3) is 0.143. The topological polar surface area (TPSA) is 0 Å². The van der Waals surface area contributed by atoms with Crippen molar-refractivity contribution in [1.82, 2.24) is 0 Å². The molecule has 1 radical (unpaired) electrons. The zero-order valence-corrected chi connectivity index (χ0v) is 15.8. The van der Waals surface area contributed by atoms with Crippen molar-refractivity contribution in [3.05, 3.63) is 106 Å². The number of benzene rings is 3. The SMILES string of the molecule is Fc1ccc(CC(SCc2cc[c]c(Br)c2)c2ccc(F)cc2)cc1. The number of hydrogen-bond donors (Lipinski definition) is 0. The molecule has 0 aliphatic heterocycles. The molecule has 0 amide bonds. The minimum atomic E-state index is -0.239. The minimum absolute atomic E-state index is 0.161. The molecule has 4 heteroatoms. The zero-order valence-electron chi connectivity index (χ0n) is 13.4. The molecule has 0 fully saturated rings. The normalized spacial score (nSPS) is 12.1.